The van der Waals surface area contributed by atoms with E-state index in [1.165, 1.54) is 0 Å². The van der Waals surface area contributed by atoms with Gasteiger partial charge in [0, 0.05) is 19.7 Å². The molecule has 2 unspecified atom stereocenters. The Bertz CT molecular complexity index is 933. The predicted octanol–water partition coefficient (Wildman–Crippen LogP) is 3.03. The molecule has 3 rings (SSSR count). The lowest BCUT2D eigenvalue weighted by molar-refractivity contribution is 0.100. The first-order chi connectivity index (χ1) is 11.8. The fourth-order valence-electron chi connectivity index (χ4n) is 2.69. The van der Waals surface area contributed by atoms with Crippen LogP contribution in [0.5, 0.6) is 0 Å². The van der Waals surface area contributed by atoms with Crippen molar-refractivity contribution in [1.29, 1.82) is 0 Å². The first-order valence-corrected chi connectivity index (χ1v) is 9.14. The number of carbonyl (C=O) groups is 1. The quantitative estimate of drug-likeness (QED) is 0.828. The van der Waals surface area contributed by atoms with Gasteiger partial charge < -0.3 is 4.90 Å². The van der Waals surface area contributed by atoms with Crippen LogP contribution in [0.2, 0.25) is 0 Å². The highest BCUT2D eigenvalue weighted by atomic mass is 32.2. The lowest BCUT2D eigenvalue weighted by atomic mass is 9.94. The van der Waals surface area contributed by atoms with E-state index in [9.17, 15) is 9.00 Å². The van der Waals surface area contributed by atoms with Crippen molar-refractivity contribution in [2.45, 2.75) is 12.5 Å². The summed E-state index contributed by atoms with van der Waals surface area (Å²) < 4.78 is 26.8. The maximum atomic E-state index is 13.0. The summed E-state index contributed by atoms with van der Waals surface area (Å²) in [7, 11) is 0.0413. The SMILES string of the molecule is CN(C)C1=NS(=O)(=NC(=O)c2ccccc2)OC1(C)c1ccccc1. The summed E-state index contributed by atoms with van der Waals surface area (Å²) in [5.41, 5.74) is 0.0706. The fraction of sp³-hybridized carbons (Fsp3) is 0.222. The van der Waals surface area contributed by atoms with E-state index in [1.54, 1.807) is 56.3 Å². The van der Waals surface area contributed by atoms with E-state index in [4.69, 9.17) is 4.18 Å². The molecule has 2 atom stereocenters. The standard InChI is InChI=1S/C18H19N3O3S/c1-18(15-12-8-5-9-13-15)17(21(2)3)20-25(23,24-18)19-16(22)14-10-6-4-7-11-14/h4-13H,1-3H3. The van der Waals surface area contributed by atoms with Gasteiger partial charge in [0.15, 0.2) is 11.4 Å². The molecule has 2 aromatic rings. The summed E-state index contributed by atoms with van der Waals surface area (Å²) in [5, 5.41) is 0. The zero-order valence-electron chi connectivity index (χ0n) is 14.2. The van der Waals surface area contributed by atoms with E-state index in [0.717, 1.165) is 5.56 Å². The van der Waals surface area contributed by atoms with Gasteiger partial charge >= 0.3 is 0 Å². The summed E-state index contributed by atoms with van der Waals surface area (Å²) in [5.74, 6) is -0.168. The number of benzene rings is 2. The maximum Gasteiger partial charge on any atom is 0.288 e. The second-order valence-corrected chi connectivity index (χ2v) is 7.43. The molecule has 0 saturated carbocycles. The molecule has 0 fully saturated rings. The van der Waals surface area contributed by atoms with Gasteiger partial charge in [0.1, 0.15) is 0 Å². The third kappa shape index (κ3) is 3.33. The number of amidine groups is 1. The molecule has 0 saturated heterocycles. The van der Waals surface area contributed by atoms with Crippen LogP contribution < -0.4 is 0 Å². The van der Waals surface area contributed by atoms with Crippen LogP contribution in [0, 0.1) is 0 Å². The summed E-state index contributed by atoms with van der Waals surface area (Å²) in [6, 6.07) is 17.8. The zero-order valence-corrected chi connectivity index (χ0v) is 15.1. The number of hydrogen-bond acceptors (Lipinski definition) is 4. The molecule has 6 nitrogen and oxygen atoms in total. The van der Waals surface area contributed by atoms with E-state index in [1.807, 2.05) is 30.3 Å². The first-order valence-electron chi connectivity index (χ1n) is 7.74. The van der Waals surface area contributed by atoms with E-state index in [-0.39, 0.29) is 0 Å². The van der Waals surface area contributed by atoms with Crippen molar-refractivity contribution < 1.29 is 13.2 Å². The molecule has 25 heavy (non-hydrogen) atoms. The third-order valence-electron chi connectivity index (χ3n) is 3.87. The minimum Gasteiger partial charge on any atom is -0.363 e. The molecule has 0 radical (unpaired) electrons. The van der Waals surface area contributed by atoms with Crippen molar-refractivity contribution in [2.75, 3.05) is 14.1 Å². The number of likely N-dealkylation sites (N-methyl/N-ethyl adjacent to an activating group) is 1. The van der Waals surface area contributed by atoms with Crippen LogP contribution in [0.25, 0.3) is 0 Å². The monoisotopic (exact) mass is 357 g/mol. The second-order valence-electron chi connectivity index (χ2n) is 6.00. The topological polar surface area (TPSA) is 71.3 Å². The van der Waals surface area contributed by atoms with Gasteiger partial charge in [-0.05, 0) is 24.6 Å². The third-order valence-corrected chi connectivity index (χ3v) is 5.22. The fourth-order valence-corrected chi connectivity index (χ4v) is 4.28. The van der Waals surface area contributed by atoms with Crippen molar-refractivity contribution in [3.8, 4) is 0 Å². The number of nitrogens with zero attached hydrogens (tertiary/aromatic N) is 3. The molecule has 0 aromatic heterocycles. The molecule has 0 spiro atoms. The molecule has 1 aliphatic heterocycles. The van der Waals surface area contributed by atoms with E-state index in [2.05, 4.69) is 8.76 Å². The maximum absolute atomic E-state index is 13.0. The molecule has 2 aromatic carbocycles. The first kappa shape index (κ1) is 17.3. The Kier molecular flexibility index (Phi) is 4.45. The Morgan fingerprint density at radius 2 is 1.64 bits per heavy atom. The van der Waals surface area contributed by atoms with Crippen LogP contribution in [0.3, 0.4) is 0 Å². The van der Waals surface area contributed by atoms with Crippen molar-refractivity contribution in [3.05, 3.63) is 71.8 Å². The van der Waals surface area contributed by atoms with Gasteiger partial charge in [-0.2, -0.15) is 4.21 Å². The molecule has 7 heteroatoms. The predicted molar refractivity (Wildman–Crippen MR) is 97.3 cm³/mol. The van der Waals surface area contributed by atoms with Crippen molar-refractivity contribution in [2.24, 2.45) is 8.76 Å². The molecule has 1 amide bonds. The van der Waals surface area contributed by atoms with Gasteiger partial charge in [-0.15, -0.1) is 8.76 Å². The minimum atomic E-state index is -3.53. The van der Waals surface area contributed by atoms with Gasteiger partial charge in [-0.3, -0.25) is 4.79 Å². The highest BCUT2D eigenvalue weighted by molar-refractivity contribution is 7.88. The molecule has 1 aliphatic rings. The minimum absolute atomic E-state index is 0.337. The molecule has 0 aliphatic carbocycles. The Morgan fingerprint density at radius 1 is 1.08 bits per heavy atom. The van der Waals surface area contributed by atoms with Crippen LogP contribution in [0.1, 0.15) is 22.8 Å². The van der Waals surface area contributed by atoms with Crippen LogP contribution in [0.15, 0.2) is 69.4 Å². The van der Waals surface area contributed by atoms with Crippen molar-refractivity contribution in [3.63, 3.8) is 0 Å². The lowest BCUT2D eigenvalue weighted by Crippen LogP contribution is -2.40. The Hall–Kier alpha value is -2.51. The van der Waals surface area contributed by atoms with Crippen molar-refractivity contribution >= 4 is 21.9 Å². The average molecular weight is 357 g/mol. The van der Waals surface area contributed by atoms with Gasteiger partial charge in [0.2, 0.25) is 0 Å². The molecular formula is C18H19N3O3S. The van der Waals surface area contributed by atoms with E-state index in [0.29, 0.717) is 11.4 Å². The number of rotatable bonds is 2. The van der Waals surface area contributed by atoms with Crippen LogP contribution >= 0.6 is 0 Å². The largest absolute Gasteiger partial charge is 0.363 e. The van der Waals surface area contributed by atoms with E-state index >= 15 is 0 Å². The lowest BCUT2D eigenvalue weighted by Gasteiger charge is -2.28. The van der Waals surface area contributed by atoms with E-state index < -0.39 is 21.7 Å². The van der Waals surface area contributed by atoms with Crippen molar-refractivity contribution in [1.82, 2.24) is 4.90 Å². The Labute approximate surface area is 147 Å². The average Bonchev–Trinajstić information content (AvgIpc) is 2.89. The number of hydrogen-bond donors (Lipinski definition) is 0. The van der Waals surface area contributed by atoms with Crippen LogP contribution in [0.4, 0.5) is 0 Å². The number of amides is 1. The smallest absolute Gasteiger partial charge is 0.288 e. The zero-order chi connectivity index (χ0) is 18.1. The molecule has 130 valence electrons. The molecule has 0 bridgehead atoms. The van der Waals surface area contributed by atoms with Crippen LogP contribution in [-0.2, 0) is 20.0 Å². The van der Waals surface area contributed by atoms with Gasteiger partial charge in [0.05, 0.1) is 0 Å². The molecule has 0 N–H and O–H groups in total. The summed E-state index contributed by atoms with van der Waals surface area (Å²) in [6.07, 6.45) is 0. The second kappa shape index (κ2) is 6.42. The highest BCUT2D eigenvalue weighted by Crippen LogP contribution is 2.37. The summed E-state index contributed by atoms with van der Waals surface area (Å²) in [4.78, 5) is 14.0. The highest BCUT2D eigenvalue weighted by Gasteiger charge is 2.45. The molecule has 1 heterocycles. The van der Waals surface area contributed by atoms with Gasteiger partial charge in [-0.1, -0.05) is 48.5 Å². The Balaban J connectivity index is 2.06. The van der Waals surface area contributed by atoms with Gasteiger partial charge in [0.25, 0.3) is 16.1 Å². The van der Waals surface area contributed by atoms with Crippen LogP contribution in [-0.4, -0.2) is 34.9 Å². The summed E-state index contributed by atoms with van der Waals surface area (Å²) >= 11 is 0. The normalized spacial score (nSPS) is 25.3. The number of carbonyl (C=O) groups excluding carboxylic acids is 1. The Morgan fingerprint density at radius 3 is 2.20 bits per heavy atom. The summed E-state index contributed by atoms with van der Waals surface area (Å²) in [6.45, 7) is 1.77. The molecular weight excluding hydrogens is 338 g/mol. The van der Waals surface area contributed by atoms with Gasteiger partial charge in [-0.25, -0.2) is 4.18 Å².